The van der Waals surface area contributed by atoms with Crippen LogP contribution in [-0.4, -0.2) is 37.0 Å². The van der Waals surface area contributed by atoms with E-state index in [1.54, 1.807) is 6.07 Å². The van der Waals surface area contributed by atoms with Gasteiger partial charge in [-0.2, -0.15) is 5.26 Å². The van der Waals surface area contributed by atoms with Crippen LogP contribution in [0.15, 0.2) is 12.3 Å². The second-order valence-corrected chi connectivity index (χ2v) is 3.21. The third-order valence-corrected chi connectivity index (χ3v) is 2.19. The minimum absolute atomic E-state index is 0.0122. The molecule has 1 N–H and O–H groups in total. The third-order valence-electron chi connectivity index (χ3n) is 2.19. The molecule has 8 nitrogen and oxygen atoms in total. The summed E-state index contributed by atoms with van der Waals surface area (Å²) >= 11 is 0. The van der Waals surface area contributed by atoms with Crippen LogP contribution in [0.4, 0.5) is 11.5 Å². The van der Waals surface area contributed by atoms with E-state index in [4.69, 9.17) is 14.7 Å². The number of ether oxygens (including phenoxy) is 2. The number of methoxy groups -OCH3 is 2. The van der Waals surface area contributed by atoms with E-state index in [9.17, 15) is 10.1 Å². The molecule has 96 valence electrons. The van der Waals surface area contributed by atoms with Crippen molar-refractivity contribution in [3.8, 4) is 6.07 Å². The SMILES string of the molecule is COC(CNc1nccc(C#N)c1[N+](=O)[O-])OC. The Balaban J connectivity index is 2.95. The fourth-order valence-corrected chi connectivity index (χ4v) is 1.30. The van der Waals surface area contributed by atoms with Gasteiger partial charge in [-0.05, 0) is 6.07 Å². The Morgan fingerprint density at radius 2 is 2.28 bits per heavy atom. The molecule has 0 aromatic carbocycles. The van der Waals surface area contributed by atoms with E-state index in [2.05, 4.69) is 10.3 Å². The predicted octanol–water partition coefficient (Wildman–Crippen LogP) is 0.892. The van der Waals surface area contributed by atoms with E-state index < -0.39 is 11.2 Å². The lowest BCUT2D eigenvalue weighted by Crippen LogP contribution is -2.24. The molecular formula is C10H12N4O4. The first-order chi connectivity index (χ1) is 8.63. The highest BCUT2D eigenvalue weighted by molar-refractivity contribution is 5.64. The lowest BCUT2D eigenvalue weighted by atomic mass is 10.2. The summed E-state index contributed by atoms with van der Waals surface area (Å²) in [4.78, 5) is 14.1. The monoisotopic (exact) mass is 252 g/mol. The van der Waals surface area contributed by atoms with Gasteiger partial charge < -0.3 is 14.8 Å². The second kappa shape index (κ2) is 6.48. The van der Waals surface area contributed by atoms with Crippen LogP contribution in [0, 0.1) is 21.4 Å². The van der Waals surface area contributed by atoms with E-state index in [-0.39, 0.29) is 23.6 Å². The summed E-state index contributed by atoms with van der Waals surface area (Å²) in [6, 6.07) is 3.03. The highest BCUT2D eigenvalue weighted by atomic mass is 16.7. The summed E-state index contributed by atoms with van der Waals surface area (Å²) in [5.41, 5.74) is -0.408. The summed E-state index contributed by atoms with van der Waals surface area (Å²) in [5.74, 6) is 0.0122. The van der Waals surface area contributed by atoms with Crippen LogP contribution in [0.2, 0.25) is 0 Å². The van der Waals surface area contributed by atoms with Crippen molar-refractivity contribution in [2.45, 2.75) is 6.29 Å². The first-order valence-electron chi connectivity index (χ1n) is 4.97. The van der Waals surface area contributed by atoms with Crippen LogP contribution in [0.1, 0.15) is 5.56 Å². The largest absolute Gasteiger partial charge is 0.359 e. The van der Waals surface area contributed by atoms with E-state index in [0.29, 0.717) is 0 Å². The number of aromatic nitrogens is 1. The summed E-state index contributed by atoms with van der Waals surface area (Å²) in [7, 11) is 2.90. The first-order valence-corrected chi connectivity index (χ1v) is 4.97. The molecular weight excluding hydrogens is 240 g/mol. The van der Waals surface area contributed by atoms with Crippen molar-refractivity contribution in [2.24, 2.45) is 0 Å². The number of nitro groups is 1. The van der Waals surface area contributed by atoms with Gasteiger partial charge in [0.15, 0.2) is 6.29 Å². The molecule has 0 aliphatic carbocycles. The number of nitriles is 1. The molecule has 0 atom stereocenters. The Hall–Kier alpha value is -2.24. The summed E-state index contributed by atoms with van der Waals surface area (Å²) < 4.78 is 9.86. The minimum Gasteiger partial charge on any atom is -0.359 e. The van der Waals surface area contributed by atoms with E-state index in [1.807, 2.05) is 0 Å². The molecule has 1 aromatic heterocycles. The molecule has 0 aliphatic heterocycles. The Morgan fingerprint density at radius 1 is 1.61 bits per heavy atom. The molecule has 0 radical (unpaired) electrons. The number of hydrogen-bond acceptors (Lipinski definition) is 7. The maximum atomic E-state index is 10.9. The van der Waals surface area contributed by atoms with E-state index in [1.165, 1.54) is 26.5 Å². The molecule has 0 saturated heterocycles. The van der Waals surface area contributed by atoms with Gasteiger partial charge in [-0.1, -0.05) is 0 Å². The third kappa shape index (κ3) is 3.13. The standard InChI is InChI=1S/C10H12N4O4/c1-17-8(18-2)6-13-10-9(14(15)16)7(5-11)3-4-12-10/h3-4,8H,6H2,1-2H3,(H,12,13). The van der Waals surface area contributed by atoms with E-state index in [0.717, 1.165) is 0 Å². The van der Waals surface area contributed by atoms with Gasteiger partial charge in [-0.25, -0.2) is 4.98 Å². The fourth-order valence-electron chi connectivity index (χ4n) is 1.30. The fraction of sp³-hybridized carbons (Fsp3) is 0.400. The first kappa shape index (κ1) is 13.8. The number of nitrogens with one attached hydrogen (secondary N) is 1. The average Bonchev–Trinajstić information content (AvgIpc) is 2.39. The molecule has 0 fully saturated rings. The summed E-state index contributed by atoms with van der Waals surface area (Å²) in [6.45, 7) is 0.176. The van der Waals surface area contributed by atoms with Crippen LogP contribution in [0.5, 0.6) is 0 Å². The van der Waals surface area contributed by atoms with Crippen LogP contribution >= 0.6 is 0 Å². The number of nitrogens with zero attached hydrogens (tertiary/aromatic N) is 3. The Kier molecular flexibility index (Phi) is 4.98. The van der Waals surface area contributed by atoms with Crippen molar-refractivity contribution in [1.29, 1.82) is 5.26 Å². The smallest absolute Gasteiger partial charge is 0.328 e. The predicted molar refractivity (Wildman–Crippen MR) is 61.9 cm³/mol. The highest BCUT2D eigenvalue weighted by Gasteiger charge is 2.21. The Morgan fingerprint density at radius 3 is 2.78 bits per heavy atom. The van der Waals surface area contributed by atoms with Crippen molar-refractivity contribution in [2.75, 3.05) is 26.1 Å². The molecule has 0 aliphatic rings. The second-order valence-electron chi connectivity index (χ2n) is 3.21. The number of anilines is 1. The Labute approximate surface area is 103 Å². The highest BCUT2D eigenvalue weighted by Crippen LogP contribution is 2.25. The topological polar surface area (TPSA) is 110 Å². The molecule has 0 amide bonds. The number of pyridine rings is 1. The van der Waals surface area contributed by atoms with Gasteiger partial charge in [0.25, 0.3) is 0 Å². The summed E-state index contributed by atoms with van der Waals surface area (Å²) in [6.07, 6.45) is 0.764. The van der Waals surface area contributed by atoms with Crippen molar-refractivity contribution in [3.05, 3.63) is 27.9 Å². The normalized spacial score (nSPS) is 10.1. The Bertz CT molecular complexity index is 467. The van der Waals surface area contributed by atoms with Gasteiger partial charge >= 0.3 is 5.69 Å². The summed E-state index contributed by atoms with van der Waals surface area (Å²) in [5, 5.41) is 22.4. The quantitative estimate of drug-likeness (QED) is 0.454. The van der Waals surface area contributed by atoms with Gasteiger partial charge in [0.2, 0.25) is 5.82 Å². The van der Waals surface area contributed by atoms with Gasteiger partial charge in [0.1, 0.15) is 11.6 Å². The number of hydrogen-bond donors (Lipinski definition) is 1. The van der Waals surface area contributed by atoms with Gasteiger partial charge in [0.05, 0.1) is 11.5 Å². The van der Waals surface area contributed by atoms with Crippen molar-refractivity contribution < 1.29 is 14.4 Å². The molecule has 0 bridgehead atoms. The molecule has 0 saturated carbocycles. The molecule has 0 spiro atoms. The molecule has 1 rings (SSSR count). The molecule has 18 heavy (non-hydrogen) atoms. The van der Waals surface area contributed by atoms with Crippen molar-refractivity contribution in [3.63, 3.8) is 0 Å². The van der Waals surface area contributed by atoms with Crippen LogP contribution in [0.3, 0.4) is 0 Å². The maximum absolute atomic E-state index is 10.9. The zero-order chi connectivity index (χ0) is 13.5. The number of rotatable bonds is 6. The van der Waals surface area contributed by atoms with Gasteiger partial charge in [-0.3, -0.25) is 10.1 Å². The molecule has 0 unspecified atom stereocenters. The zero-order valence-electron chi connectivity index (χ0n) is 9.91. The zero-order valence-corrected chi connectivity index (χ0v) is 9.91. The van der Waals surface area contributed by atoms with Crippen LogP contribution in [-0.2, 0) is 9.47 Å². The van der Waals surface area contributed by atoms with Gasteiger partial charge in [-0.15, -0.1) is 0 Å². The maximum Gasteiger partial charge on any atom is 0.328 e. The minimum atomic E-state index is -0.650. The molecule has 8 heteroatoms. The van der Waals surface area contributed by atoms with E-state index >= 15 is 0 Å². The average molecular weight is 252 g/mol. The lowest BCUT2D eigenvalue weighted by molar-refractivity contribution is -0.384. The van der Waals surface area contributed by atoms with Crippen molar-refractivity contribution >= 4 is 11.5 Å². The molecule has 1 heterocycles. The van der Waals surface area contributed by atoms with Crippen LogP contribution < -0.4 is 5.32 Å². The molecule has 1 aromatic rings. The van der Waals surface area contributed by atoms with Crippen LogP contribution in [0.25, 0.3) is 0 Å². The van der Waals surface area contributed by atoms with Gasteiger partial charge in [0, 0.05) is 20.4 Å². The van der Waals surface area contributed by atoms with Crippen molar-refractivity contribution in [1.82, 2.24) is 4.98 Å². The lowest BCUT2D eigenvalue weighted by Gasteiger charge is -2.14.